The Morgan fingerprint density at radius 2 is 2.06 bits per heavy atom. The molecule has 4 heteroatoms. The smallest absolute Gasteiger partial charge is 0.145 e. The molecule has 0 aliphatic rings. The van der Waals surface area contributed by atoms with Gasteiger partial charge in [-0.3, -0.25) is 0 Å². The van der Waals surface area contributed by atoms with Gasteiger partial charge in [-0.15, -0.1) is 0 Å². The molecule has 0 fully saturated rings. The second-order valence-corrected chi connectivity index (χ2v) is 4.30. The lowest BCUT2D eigenvalue weighted by atomic mass is 9.94. The highest BCUT2D eigenvalue weighted by Gasteiger charge is 2.29. The lowest BCUT2D eigenvalue weighted by Crippen LogP contribution is -2.27. The summed E-state index contributed by atoms with van der Waals surface area (Å²) in [5.41, 5.74) is 0.142. The van der Waals surface area contributed by atoms with E-state index in [0.29, 0.717) is 11.4 Å². The number of benzene rings is 1. The van der Waals surface area contributed by atoms with Crippen molar-refractivity contribution in [2.45, 2.75) is 26.0 Å². The Morgan fingerprint density at radius 1 is 1.39 bits per heavy atom. The van der Waals surface area contributed by atoms with Crippen LogP contribution in [0.2, 0.25) is 0 Å². The molecule has 1 atom stereocenters. The van der Waals surface area contributed by atoms with Crippen molar-refractivity contribution in [3.05, 3.63) is 53.6 Å². The Hall–Kier alpha value is -2.12. The third kappa shape index (κ3) is 2.01. The summed E-state index contributed by atoms with van der Waals surface area (Å²) >= 11 is 0. The van der Waals surface area contributed by atoms with Gasteiger partial charge in [-0.25, -0.2) is 4.98 Å². The van der Waals surface area contributed by atoms with Gasteiger partial charge in [-0.2, -0.15) is 5.26 Å². The number of nitrogens with zero attached hydrogens (tertiary/aromatic N) is 3. The Labute approximate surface area is 106 Å². The largest absolute Gasteiger partial charge is 0.377 e. The number of hydrogen-bond acceptors (Lipinski definition) is 3. The number of aryl methyl sites for hydroxylation is 1. The average molecular weight is 241 g/mol. The predicted molar refractivity (Wildman–Crippen MR) is 67.7 cm³/mol. The molecule has 0 saturated carbocycles. The van der Waals surface area contributed by atoms with Crippen LogP contribution in [0, 0.1) is 11.3 Å². The minimum absolute atomic E-state index is 0.577. The first-order valence-electron chi connectivity index (χ1n) is 5.84. The molecule has 2 aromatic rings. The predicted octanol–water partition coefficient (Wildman–Crippen LogP) is 2.03. The molecule has 92 valence electrons. The van der Waals surface area contributed by atoms with Gasteiger partial charge >= 0.3 is 0 Å². The van der Waals surface area contributed by atoms with Crippen molar-refractivity contribution in [2.24, 2.45) is 0 Å². The number of nitriles is 1. The SMILES string of the molecule is CCn1ccnc1C(C)(O)c1ccc(C#N)cc1. The highest BCUT2D eigenvalue weighted by atomic mass is 16.3. The van der Waals surface area contributed by atoms with Crippen LogP contribution in [-0.4, -0.2) is 14.7 Å². The van der Waals surface area contributed by atoms with Crippen LogP contribution in [0.3, 0.4) is 0 Å². The van der Waals surface area contributed by atoms with Crippen LogP contribution in [0.4, 0.5) is 0 Å². The van der Waals surface area contributed by atoms with Crippen LogP contribution in [-0.2, 0) is 12.1 Å². The zero-order valence-electron chi connectivity index (χ0n) is 10.5. The standard InChI is InChI=1S/C14H15N3O/c1-3-17-9-8-16-13(17)14(2,18)12-6-4-11(10-15)5-7-12/h4-9,18H,3H2,1-2H3. The van der Waals surface area contributed by atoms with Gasteiger partial charge in [-0.1, -0.05) is 12.1 Å². The molecule has 1 aromatic heterocycles. The highest BCUT2D eigenvalue weighted by Crippen LogP contribution is 2.27. The molecule has 0 radical (unpaired) electrons. The van der Waals surface area contributed by atoms with Crippen molar-refractivity contribution in [3.63, 3.8) is 0 Å². The maximum absolute atomic E-state index is 10.7. The van der Waals surface area contributed by atoms with Crippen molar-refractivity contribution in [2.75, 3.05) is 0 Å². The fraction of sp³-hybridized carbons (Fsp3) is 0.286. The van der Waals surface area contributed by atoms with E-state index >= 15 is 0 Å². The fourth-order valence-corrected chi connectivity index (χ4v) is 1.99. The van der Waals surface area contributed by atoms with E-state index < -0.39 is 5.60 Å². The van der Waals surface area contributed by atoms with Crippen LogP contribution < -0.4 is 0 Å². The number of imidazole rings is 1. The van der Waals surface area contributed by atoms with E-state index in [1.807, 2.05) is 17.7 Å². The van der Waals surface area contributed by atoms with Crippen LogP contribution in [0.5, 0.6) is 0 Å². The van der Waals surface area contributed by atoms with Crippen LogP contribution in [0.15, 0.2) is 36.7 Å². The van der Waals surface area contributed by atoms with Gasteiger partial charge in [0.05, 0.1) is 11.6 Å². The summed E-state index contributed by atoms with van der Waals surface area (Å²) < 4.78 is 1.90. The van der Waals surface area contributed by atoms with Crippen molar-refractivity contribution in [1.82, 2.24) is 9.55 Å². The molecule has 0 aliphatic heterocycles. The fourth-order valence-electron chi connectivity index (χ4n) is 1.99. The maximum Gasteiger partial charge on any atom is 0.145 e. The van der Waals surface area contributed by atoms with E-state index in [2.05, 4.69) is 11.1 Å². The van der Waals surface area contributed by atoms with Gasteiger partial charge in [-0.05, 0) is 31.5 Å². The summed E-state index contributed by atoms with van der Waals surface area (Å²) in [5.74, 6) is 0.606. The monoisotopic (exact) mass is 241 g/mol. The molecule has 0 saturated heterocycles. The van der Waals surface area contributed by atoms with E-state index in [0.717, 1.165) is 12.1 Å². The molecule has 1 unspecified atom stereocenters. The maximum atomic E-state index is 10.7. The van der Waals surface area contributed by atoms with Crippen molar-refractivity contribution in [3.8, 4) is 6.07 Å². The Morgan fingerprint density at radius 3 is 2.61 bits per heavy atom. The van der Waals surface area contributed by atoms with Gasteiger partial charge in [0.1, 0.15) is 11.4 Å². The quantitative estimate of drug-likeness (QED) is 0.894. The third-order valence-electron chi connectivity index (χ3n) is 3.07. The lowest BCUT2D eigenvalue weighted by Gasteiger charge is -2.24. The lowest BCUT2D eigenvalue weighted by molar-refractivity contribution is 0.0882. The number of rotatable bonds is 3. The number of hydrogen-bond donors (Lipinski definition) is 1. The Bertz CT molecular complexity index is 576. The van der Waals surface area contributed by atoms with Gasteiger partial charge in [0, 0.05) is 18.9 Å². The summed E-state index contributed by atoms with van der Waals surface area (Å²) in [4.78, 5) is 4.23. The normalized spacial score (nSPS) is 13.9. The minimum Gasteiger partial charge on any atom is -0.377 e. The molecule has 4 nitrogen and oxygen atoms in total. The topological polar surface area (TPSA) is 61.8 Å². The van der Waals surface area contributed by atoms with Gasteiger partial charge in [0.2, 0.25) is 0 Å². The minimum atomic E-state index is -1.16. The zero-order chi connectivity index (χ0) is 13.2. The number of aliphatic hydroxyl groups is 1. The molecule has 1 N–H and O–H groups in total. The molecular weight excluding hydrogens is 226 g/mol. The van der Waals surface area contributed by atoms with E-state index in [1.54, 1.807) is 37.4 Å². The first-order chi connectivity index (χ1) is 8.59. The first-order valence-corrected chi connectivity index (χ1v) is 5.84. The second kappa shape index (κ2) is 4.63. The van der Waals surface area contributed by atoms with E-state index in [1.165, 1.54) is 0 Å². The van der Waals surface area contributed by atoms with Crippen LogP contribution in [0.25, 0.3) is 0 Å². The summed E-state index contributed by atoms with van der Waals surface area (Å²) in [6.45, 7) is 4.46. The van der Waals surface area contributed by atoms with Gasteiger partial charge in [0.25, 0.3) is 0 Å². The van der Waals surface area contributed by atoms with E-state index in [-0.39, 0.29) is 0 Å². The molecular formula is C14H15N3O. The average Bonchev–Trinajstić information content (AvgIpc) is 2.88. The summed E-state index contributed by atoms with van der Waals surface area (Å²) in [7, 11) is 0. The van der Waals surface area contributed by atoms with Crippen molar-refractivity contribution in [1.29, 1.82) is 5.26 Å². The first kappa shape index (κ1) is 12.3. The second-order valence-electron chi connectivity index (χ2n) is 4.30. The van der Waals surface area contributed by atoms with Gasteiger partial charge in [0.15, 0.2) is 0 Å². The van der Waals surface area contributed by atoms with Crippen molar-refractivity contribution < 1.29 is 5.11 Å². The molecule has 2 rings (SSSR count). The molecule has 1 heterocycles. The van der Waals surface area contributed by atoms with E-state index in [4.69, 9.17) is 5.26 Å². The number of aromatic nitrogens is 2. The molecule has 0 amide bonds. The Balaban J connectivity index is 2.44. The highest BCUT2D eigenvalue weighted by molar-refractivity contribution is 5.36. The van der Waals surface area contributed by atoms with E-state index in [9.17, 15) is 5.11 Å². The summed E-state index contributed by atoms with van der Waals surface area (Å²) in [5, 5.41) is 19.4. The molecule has 0 spiro atoms. The van der Waals surface area contributed by atoms with Crippen LogP contribution in [0.1, 0.15) is 30.8 Å². The van der Waals surface area contributed by atoms with Crippen molar-refractivity contribution >= 4 is 0 Å². The van der Waals surface area contributed by atoms with Gasteiger partial charge < -0.3 is 9.67 Å². The Kier molecular flexibility index (Phi) is 3.17. The molecule has 18 heavy (non-hydrogen) atoms. The summed E-state index contributed by atoms with van der Waals surface area (Å²) in [6, 6.07) is 8.97. The summed E-state index contributed by atoms with van der Waals surface area (Å²) in [6.07, 6.45) is 3.52. The van der Waals surface area contributed by atoms with Crippen LogP contribution >= 0.6 is 0 Å². The molecule has 0 bridgehead atoms. The third-order valence-corrected chi connectivity index (χ3v) is 3.07. The molecule has 1 aromatic carbocycles. The zero-order valence-corrected chi connectivity index (χ0v) is 10.5. The molecule has 0 aliphatic carbocycles.